The van der Waals surface area contributed by atoms with Crippen molar-refractivity contribution in [3.63, 3.8) is 0 Å². The van der Waals surface area contributed by atoms with Crippen LogP contribution in [0.25, 0.3) is 0 Å². The molecule has 0 aliphatic heterocycles. The molecule has 0 amide bonds. The highest BCUT2D eigenvalue weighted by atomic mass is 35.5. The molecule has 0 fully saturated rings. The lowest BCUT2D eigenvalue weighted by molar-refractivity contribution is 0.442. The van der Waals surface area contributed by atoms with Crippen LogP contribution in [0.4, 0.5) is 4.39 Å². The molecule has 0 aliphatic carbocycles. The Hall–Kier alpha value is -1.09. The summed E-state index contributed by atoms with van der Waals surface area (Å²) in [6.45, 7) is 5.95. The second kappa shape index (κ2) is 4.62. The molecule has 0 saturated carbocycles. The number of nitrogens with zero attached hydrogens (tertiary/aromatic N) is 1. The van der Waals surface area contributed by atoms with Crippen LogP contribution in [0.2, 0.25) is 5.02 Å². The first-order chi connectivity index (χ1) is 6.88. The molecule has 0 unspecified atom stereocenters. The Bertz CT molecular complexity index is 369. The topological polar surface area (TPSA) is 24.4 Å². The Morgan fingerprint density at radius 2 is 2.07 bits per heavy atom. The Labute approximate surface area is 94.1 Å². The summed E-state index contributed by atoms with van der Waals surface area (Å²) in [4.78, 5) is 0. The van der Waals surface area contributed by atoms with Gasteiger partial charge in [-0.1, -0.05) is 11.6 Å². The number of halogens is 2. The average Bonchev–Trinajstić information content (AvgIpc) is 2.09. The van der Waals surface area contributed by atoms with E-state index >= 15 is 0 Å². The van der Waals surface area contributed by atoms with Crippen molar-refractivity contribution >= 4 is 17.8 Å². The van der Waals surface area contributed by atoms with Gasteiger partial charge < -0.3 is 5.43 Å². The van der Waals surface area contributed by atoms with E-state index in [2.05, 4.69) is 10.5 Å². The summed E-state index contributed by atoms with van der Waals surface area (Å²) >= 11 is 5.86. The van der Waals surface area contributed by atoms with Gasteiger partial charge in [0.2, 0.25) is 0 Å². The van der Waals surface area contributed by atoms with Crippen molar-refractivity contribution in [1.82, 2.24) is 5.43 Å². The lowest BCUT2D eigenvalue weighted by Gasteiger charge is -2.17. The number of hydrogen-bond donors (Lipinski definition) is 1. The van der Waals surface area contributed by atoms with Gasteiger partial charge in [0.25, 0.3) is 0 Å². The van der Waals surface area contributed by atoms with Gasteiger partial charge in [-0.3, -0.25) is 0 Å². The van der Waals surface area contributed by atoms with Crippen molar-refractivity contribution in [2.45, 2.75) is 26.3 Å². The molecule has 1 rings (SSSR count). The summed E-state index contributed by atoms with van der Waals surface area (Å²) in [5.41, 5.74) is 3.35. The molecule has 2 nitrogen and oxygen atoms in total. The van der Waals surface area contributed by atoms with Gasteiger partial charge in [0.05, 0.1) is 6.21 Å². The lowest BCUT2D eigenvalue weighted by Crippen LogP contribution is -2.31. The van der Waals surface area contributed by atoms with Crippen molar-refractivity contribution in [1.29, 1.82) is 0 Å². The largest absolute Gasteiger partial charge is 0.305 e. The predicted molar refractivity (Wildman–Crippen MR) is 61.9 cm³/mol. The standard InChI is InChI=1S/C11H14ClFN2/c1-11(2,3)15-14-7-8-6-9(13)4-5-10(8)12/h4-7,15H,1-3H3. The van der Waals surface area contributed by atoms with Crippen molar-refractivity contribution in [2.75, 3.05) is 0 Å². The van der Waals surface area contributed by atoms with E-state index in [1.165, 1.54) is 24.4 Å². The van der Waals surface area contributed by atoms with Crippen LogP contribution in [-0.4, -0.2) is 11.8 Å². The SMILES string of the molecule is CC(C)(C)NN=Cc1cc(F)ccc1Cl. The molecule has 82 valence electrons. The van der Waals surface area contributed by atoms with Crippen LogP contribution in [0, 0.1) is 5.82 Å². The van der Waals surface area contributed by atoms with E-state index in [0.717, 1.165) is 0 Å². The van der Waals surface area contributed by atoms with Gasteiger partial charge in [-0.25, -0.2) is 4.39 Å². The van der Waals surface area contributed by atoms with Gasteiger partial charge in [-0.05, 0) is 39.0 Å². The molecule has 15 heavy (non-hydrogen) atoms. The first-order valence-corrected chi connectivity index (χ1v) is 5.01. The van der Waals surface area contributed by atoms with Gasteiger partial charge >= 0.3 is 0 Å². The maximum absolute atomic E-state index is 12.9. The summed E-state index contributed by atoms with van der Waals surface area (Å²) in [5, 5.41) is 4.47. The van der Waals surface area contributed by atoms with Crippen LogP contribution >= 0.6 is 11.6 Å². The molecule has 0 spiro atoms. The second-order valence-electron chi connectivity index (χ2n) is 4.29. The minimum absolute atomic E-state index is 0.115. The monoisotopic (exact) mass is 228 g/mol. The van der Waals surface area contributed by atoms with Crippen molar-refractivity contribution in [3.05, 3.63) is 34.6 Å². The summed E-state index contributed by atoms with van der Waals surface area (Å²) in [5.74, 6) is -0.323. The minimum atomic E-state index is -0.323. The van der Waals surface area contributed by atoms with E-state index in [9.17, 15) is 4.39 Å². The van der Waals surface area contributed by atoms with Crippen molar-refractivity contribution in [2.24, 2.45) is 5.10 Å². The molecule has 0 aliphatic rings. The number of nitrogens with one attached hydrogen (secondary N) is 1. The number of rotatable bonds is 2. The Balaban J connectivity index is 2.76. The zero-order valence-corrected chi connectivity index (χ0v) is 9.77. The minimum Gasteiger partial charge on any atom is -0.305 e. The third-order valence-corrected chi connectivity index (χ3v) is 1.91. The highest BCUT2D eigenvalue weighted by molar-refractivity contribution is 6.33. The Kier molecular flexibility index (Phi) is 3.69. The molecular formula is C11H14ClFN2. The predicted octanol–water partition coefficient (Wildman–Crippen LogP) is 3.20. The van der Waals surface area contributed by atoms with Crippen LogP contribution in [0.3, 0.4) is 0 Å². The van der Waals surface area contributed by atoms with Gasteiger partial charge in [0, 0.05) is 16.1 Å². The van der Waals surface area contributed by atoms with Gasteiger partial charge in [0.1, 0.15) is 5.82 Å². The Morgan fingerprint density at radius 1 is 1.40 bits per heavy atom. The fourth-order valence-corrected chi connectivity index (χ4v) is 1.08. The molecule has 0 bridgehead atoms. The van der Waals surface area contributed by atoms with E-state index in [1.807, 2.05) is 20.8 Å². The smallest absolute Gasteiger partial charge is 0.123 e. The molecule has 1 N–H and O–H groups in total. The quantitative estimate of drug-likeness (QED) is 0.610. The van der Waals surface area contributed by atoms with Gasteiger partial charge in [-0.15, -0.1) is 0 Å². The first kappa shape index (κ1) is 12.0. The fourth-order valence-electron chi connectivity index (χ4n) is 0.909. The fraction of sp³-hybridized carbons (Fsp3) is 0.364. The molecule has 1 aromatic rings. The molecule has 0 aromatic heterocycles. The number of hydrogen-bond acceptors (Lipinski definition) is 2. The summed E-state index contributed by atoms with van der Waals surface area (Å²) in [6, 6.07) is 4.17. The summed E-state index contributed by atoms with van der Waals surface area (Å²) in [6.07, 6.45) is 1.51. The van der Waals surface area contributed by atoms with E-state index in [1.54, 1.807) is 0 Å². The van der Waals surface area contributed by atoms with E-state index in [0.29, 0.717) is 10.6 Å². The van der Waals surface area contributed by atoms with Crippen LogP contribution in [0.15, 0.2) is 23.3 Å². The van der Waals surface area contributed by atoms with E-state index in [-0.39, 0.29) is 11.4 Å². The third kappa shape index (κ3) is 4.30. The summed E-state index contributed by atoms with van der Waals surface area (Å²) in [7, 11) is 0. The maximum atomic E-state index is 12.9. The zero-order valence-electron chi connectivity index (χ0n) is 9.01. The molecule has 1 aromatic carbocycles. The normalized spacial score (nSPS) is 12.1. The van der Waals surface area contributed by atoms with Crippen LogP contribution in [-0.2, 0) is 0 Å². The number of benzene rings is 1. The first-order valence-electron chi connectivity index (χ1n) is 4.64. The van der Waals surface area contributed by atoms with Crippen molar-refractivity contribution < 1.29 is 4.39 Å². The second-order valence-corrected chi connectivity index (χ2v) is 4.69. The van der Waals surface area contributed by atoms with Crippen molar-refractivity contribution in [3.8, 4) is 0 Å². The maximum Gasteiger partial charge on any atom is 0.123 e. The summed E-state index contributed by atoms with van der Waals surface area (Å²) < 4.78 is 12.9. The number of hydrazone groups is 1. The molecule has 4 heteroatoms. The van der Waals surface area contributed by atoms with Crippen LogP contribution in [0.1, 0.15) is 26.3 Å². The van der Waals surface area contributed by atoms with E-state index in [4.69, 9.17) is 11.6 Å². The zero-order chi connectivity index (χ0) is 11.5. The van der Waals surface area contributed by atoms with Gasteiger partial charge in [-0.2, -0.15) is 5.10 Å². The third-order valence-electron chi connectivity index (χ3n) is 1.56. The van der Waals surface area contributed by atoms with E-state index < -0.39 is 0 Å². The molecule has 0 radical (unpaired) electrons. The van der Waals surface area contributed by atoms with Gasteiger partial charge in [0.15, 0.2) is 0 Å². The van der Waals surface area contributed by atoms with Crippen LogP contribution < -0.4 is 5.43 Å². The molecule has 0 heterocycles. The molecule has 0 saturated heterocycles. The Morgan fingerprint density at radius 3 is 2.67 bits per heavy atom. The highest BCUT2D eigenvalue weighted by Gasteiger charge is 2.06. The lowest BCUT2D eigenvalue weighted by atomic mass is 10.1. The average molecular weight is 229 g/mol. The van der Waals surface area contributed by atoms with Crippen LogP contribution in [0.5, 0.6) is 0 Å². The molecular weight excluding hydrogens is 215 g/mol. The highest BCUT2D eigenvalue weighted by Crippen LogP contribution is 2.14. The molecule has 0 atom stereocenters.